The highest BCUT2D eigenvalue weighted by molar-refractivity contribution is 7.91. The van der Waals surface area contributed by atoms with Crippen molar-refractivity contribution < 1.29 is 18.3 Å². The van der Waals surface area contributed by atoms with Crippen molar-refractivity contribution in [3.63, 3.8) is 0 Å². The van der Waals surface area contributed by atoms with E-state index in [0.717, 1.165) is 17.7 Å². The van der Waals surface area contributed by atoms with Gasteiger partial charge in [-0.25, -0.2) is 8.42 Å². The van der Waals surface area contributed by atoms with E-state index < -0.39 is 15.7 Å². The summed E-state index contributed by atoms with van der Waals surface area (Å²) in [5.74, 6) is -0.698. The summed E-state index contributed by atoms with van der Waals surface area (Å²) in [6, 6.07) is 19.1. The van der Waals surface area contributed by atoms with Gasteiger partial charge in [0.25, 0.3) is 5.91 Å². The normalized spacial score (nSPS) is 11.2. The summed E-state index contributed by atoms with van der Waals surface area (Å²) in [4.78, 5) is 12.8. The zero-order chi connectivity index (χ0) is 22.4. The van der Waals surface area contributed by atoms with E-state index in [4.69, 9.17) is 0 Å². The van der Waals surface area contributed by atoms with Crippen molar-refractivity contribution in [3.05, 3.63) is 83.4 Å². The Morgan fingerprint density at radius 1 is 0.935 bits per heavy atom. The number of hydrogen-bond acceptors (Lipinski definition) is 5. The van der Waals surface area contributed by atoms with Crippen LogP contribution in [0.4, 0.5) is 11.4 Å². The number of rotatable bonds is 8. The van der Waals surface area contributed by atoms with E-state index in [1.54, 1.807) is 25.1 Å². The predicted octanol–water partition coefficient (Wildman–Crippen LogP) is 4.61. The van der Waals surface area contributed by atoms with Gasteiger partial charge >= 0.3 is 0 Å². The molecule has 6 nitrogen and oxygen atoms in total. The van der Waals surface area contributed by atoms with Crippen molar-refractivity contribution in [1.82, 2.24) is 0 Å². The summed E-state index contributed by atoms with van der Waals surface area (Å²) in [5.41, 5.74) is 3.66. The second-order valence-electron chi connectivity index (χ2n) is 7.10. The van der Waals surface area contributed by atoms with Crippen LogP contribution < -0.4 is 10.6 Å². The first kappa shape index (κ1) is 22.4. The molecular weight excluding hydrogens is 412 g/mol. The Morgan fingerprint density at radius 2 is 1.71 bits per heavy atom. The summed E-state index contributed by atoms with van der Waals surface area (Å²) in [5, 5.41) is 16.1. The minimum atomic E-state index is -3.45. The Balaban J connectivity index is 1.76. The van der Waals surface area contributed by atoms with Crippen LogP contribution >= 0.6 is 0 Å². The van der Waals surface area contributed by atoms with E-state index in [2.05, 4.69) is 23.6 Å². The minimum absolute atomic E-state index is 0.0515. The van der Waals surface area contributed by atoms with E-state index in [0.29, 0.717) is 12.1 Å². The van der Waals surface area contributed by atoms with Gasteiger partial charge in [-0.15, -0.1) is 0 Å². The van der Waals surface area contributed by atoms with Crippen molar-refractivity contribution in [3.8, 4) is 5.75 Å². The number of carbonyl (C=O) groups excluding carboxylic acids is 1. The molecule has 3 rings (SSSR count). The average molecular weight is 439 g/mol. The fraction of sp³-hybridized carbons (Fsp3) is 0.208. The van der Waals surface area contributed by atoms with Crippen molar-refractivity contribution in [2.45, 2.75) is 31.7 Å². The Kier molecular flexibility index (Phi) is 6.97. The number of amides is 1. The molecule has 0 unspecified atom stereocenters. The largest absolute Gasteiger partial charge is 0.506 e. The van der Waals surface area contributed by atoms with E-state index in [-0.39, 0.29) is 22.1 Å². The molecule has 0 fully saturated rings. The third-order valence-corrected chi connectivity index (χ3v) is 6.76. The summed E-state index contributed by atoms with van der Waals surface area (Å²) in [6.07, 6.45) is 0.919. The van der Waals surface area contributed by atoms with Crippen LogP contribution in [0.2, 0.25) is 0 Å². The standard InChI is InChI=1S/C24H26N2O4S/c1-3-18-9-5-6-11-21(18)25-16-17-8-7-10-19(14-17)24(28)26-22-15-20(12-13-23(22)27)31(29,30)4-2/h5-15,25,27H,3-4,16H2,1-2H3,(H,26,28). The van der Waals surface area contributed by atoms with Gasteiger partial charge in [-0.3, -0.25) is 4.79 Å². The zero-order valence-electron chi connectivity index (χ0n) is 17.6. The van der Waals surface area contributed by atoms with Crippen LogP contribution in [0.3, 0.4) is 0 Å². The number of aryl methyl sites for hydroxylation is 1. The fourth-order valence-electron chi connectivity index (χ4n) is 3.19. The van der Waals surface area contributed by atoms with Crippen LogP contribution in [0, 0.1) is 0 Å². The summed E-state index contributed by atoms with van der Waals surface area (Å²) >= 11 is 0. The first-order valence-electron chi connectivity index (χ1n) is 10.1. The number of nitrogens with one attached hydrogen (secondary N) is 2. The van der Waals surface area contributed by atoms with Crippen LogP contribution in [0.5, 0.6) is 5.75 Å². The Morgan fingerprint density at radius 3 is 2.45 bits per heavy atom. The van der Waals surface area contributed by atoms with Crippen LogP contribution in [0.15, 0.2) is 71.6 Å². The monoisotopic (exact) mass is 438 g/mol. The van der Waals surface area contributed by atoms with Gasteiger partial charge in [-0.1, -0.05) is 44.2 Å². The van der Waals surface area contributed by atoms with E-state index in [1.165, 1.54) is 23.8 Å². The number of carbonyl (C=O) groups is 1. The van der Waals surface area contributed by atoms with Gasteiger partial charge in [0, 0.05) is 17.8 Å². The van der Waals surface area contributed by atoms with Gasteiger partial charge in [-0.05, 0) is 53.9 Å². The third-order valence-electron chi connectivity index (χ3n) is 5.03. The van der Waals surface area contributed by atoms with Crippen LogP contribution in [-0.2, 0) is 22.8 Å². The fourth-order valence-corrected chi connectivity index (χ4v) is 4.10. The molecule has 0 radical (unpaired) electrons. The number of benzene rings is 3. The van der Waals surface area contributed by atoms with Crippen molar-refractivity contribution >= 4 is 27.1 Å². The van der Waals surface area contributed by atoms with Crippen molar-refractivity contribution in [2.24, 2.45) is 0 Å². The van der Waals surface area contributed by atoms with Gasteiger partial charge in [0.05, 0.1) is 16.3 Å². The summed E-state index contributed by atoms with van der Waals surface area (Å²) in [7, 11) is -3.45. The molecule has 0 spiro atoms. The van der Waals surface area contributed by atoms with Crippen LogP contribution in [0.1, 0.15) is 35.3 Å². The molecule has 3 aromatic rings. The van der Waals surface area contributed by atoms with Gasteiger partial charge in [-0.2, -0.15) is 0 Å². The molecule has 0 aliphatic carbocycles. The van der Waals surface area contributed by atoms with E-state index >= 15 is 0 Å². The number of aromatic hydroxyl groups is 1. The van der Waals surface area contributed by atoms with Gasteiger partial charge in [0.1, 0.15) is 5.75 Å². The molecule has 0 aromatic heterocycles. The lowest BCUT2D eigenvalue weighted by atomic mass is 10.1. The molecule has 162 valence electrons. The van der Waals surface area contributed by atoms with Crippen LogP contribution in [0.25, 0.3) is 0 Å². The quantitative estimate of drug-likeness (QED) is 0.446. The summed E-state index contributed by atoms with van der Waals surface area (Å²) in [6.45, 7) is 4.19. The van der Waals surface area contributed by atoms with Crippen molar-refractivity contribution in [1.29, 1.82) is 0 Å². The van der Waals surface area contributed by atoms with E-state index in [9.17, 15) is 18.3 Å². The molecule has 7 heteroatoms. The molecule has 0 aliphatic heterocycles. The first-order valence-corrected chi connectivity index (χ1v) is 11.8. The topological polar surface area (TPSA) is 95.5 Å². The molecule has 3 aromatic carbocycles. The molecule has 1 amide bonds. The van der Waals surface area contributed by atoms with Crippen LogP contribution in [-0.4, -0.2) is 25.2 Å². The molecule has 3 N–H and O–H groups in total. The number of phenols is 1. The lowest BCUT2D eigenvalue weighted by Crippen LogP contribution is -2.13. The zero-order valence-corrected chi connectivity index (χ0v) is 18.4. The molecule has 0 aliphatic rings. The maximum absolute atomic E-state index is 12.7. The molecule has 0 bridgehead atoms. The highest BCUT2D eigenvalue weighted by Crippen LogP contribution is 2.27. The lowest BCUT2D eigenvalue weighted by molar-refractivity contribution is 0.102. The first-order chi connectivity index (χ1) is 14.8. The maximum Gasteiger partial charge on any atom is 0.255 e. The molecule has 31 heavy (non-hydrogen) atoms. The maximum atomic E-state index is 12.7. The number of sulfone groups is 1. The summed E-state index contributed by atoms with van der Waals surface area (Å²) < 4.78 is 24.2. The molecular formula is C24H26N2O4S. The Labute approximate surface area is 182 Å². The van der Waals surface area contributed by atoms with Crippen molar-refractivity contribution in [2.75, 3.05) is 16.4 Å². The van der Waals surface area contributed by atoms with E-state index in [1.807, 2.05) is 24.3 Å². The highest BCUT2D eigenvalue weighted by atomic mass is 32.2. The predicted molar refractivity (Wildman–Crippen MR) is 123 cm³/mol. The third kappa shape index (κ3) is 5.44. The van der Waals surface area contributed by atoms with Gasteiger partial charge < -0.3 is 15.7 Å². The minimum Gasteiger partial charge on any atom is -0.506 e. The number of anilines is 2. The number of phenolic OH excluding ortho intramolecular Hbond substituents is 1. The van der Waals surface area contributed by atoms with Gasteiger partial charge in [0.15, 0.2) is 9.84 Å². The Bertz CT molecular complexity index is 1190. The average Bonchev–Trinajstić information content (AvgIpc) is 2.79. The second-order valence-corrected chi connectivity index (χ2v) is 9.38. The molecule has 0 atom stereocenters. The lowest BCUT2D eigenvalue weighted by Gasteiger charge is -2.12. The Hall–Kier alpha value is -3.32. The van der Waals surface area contributed by atoms with Gasteiger partial charge in [0.2, 0.25) is 0 Å². The second kappa shape index (κ2) is 9.66. The highest BCUT2D eigenvalue weighted by Gasteiger charge is 2.16. The molecule has 0 saturated heterocycles. The SMILES string of the molecule is CCc1ccccc1NCc1cccc(C(=O)Nc2cc(S(=O)(=O)CC)ccc2O)c1. The number of hydrogen-bond donors (Lipinski definition) is 3. The molecule has 0 saturated carbocycles. The molecule has 0 heterocycles. The number of para-hydroxylation sites is 1. The smallest absolute Gasteiger partial charge is 0.255 e.